The first-order valence-electron chi connectivity index (χ1n) is 9.24. The number of carbonyl (C=O) groups excluding carboxylic acids is 2. The Morgan fingerprint density at radius 1 is 1.07 bits per heavy atom. The standard InChI is InChI=1S/C21H23Cl2N3O2/c1-25(14-19(27)24-20-17(22)8-5-9-18(20)23)21(28)16-7-4-6-15(12-16)13-26-10-2-3-11-26/h4-9,12H,2-3,10-11,13-14H2,1H3,(H,24,27). The molecule has 0 bridgehead atoms. The van der Waals surface area contributed by atoms with Crippen molar-refractivity contribution in [3.63, 3.8) is 0 Å². The number of likely N-dealkylation sites (N-methyl/N-ethyl adjacent to an activating group) is 1. The molecule has 148 valence electrons. The van der Waals surface area contributed by atoms with Crippen LogP contribution in [0.15, 0.2) is 42.5 Å². The van der Waals surface area contributed by atoms with E-state index in [1.54, 1.807) is 31.3 Å². The minimum Gasteiger partial charge on any atom is -0.332 e. The highest BCUT2D eigenvalue weighted by atomic mass is 35.5. The van der Waals surface area contributed by atoms with E-state index in [1.165, 1.54) is 17.7 Å². The third-order valence-electron chi connectivity index (χ3n) is 4.73. The van der Waals surface area contributed by atoms with Gasteiger partial charge in [-0.15, -0.1) is 0 Å². The highest BCUT2D eigenvalue weighted by molar-refractivity contribution is 6.39. The van der Waals surface area contributed by atoms with E-state index in [9.17, 15) is 9.59 Å². The van der Waals surface area contributed by atoms with E-state index in [-0.39, 0.29) is 18.4 Å². The number of halogens is 2. The molecule has 2 amide bonds. The van der Waals surface area contributed by atoms with Crippen LogP contribution in [0.2, 0.25) is 10.0 Å². The fraction of sp³-hybridized carbons (Fsp3) is 0.333. The summed E-state index contributed by atoms with van der Waals surface area (Å²) >= 11 is 12.1. The van der Waals surface area contributed by atoms with Crippen molar-refractivity contribution in [1.29, 1.82) is 0 Å². The number of anilines is 1. The summed E-state index contributed by atoms with van der Waals surface area (Å²) in [7, 11) is 1.60. The molecule has 1 aliphatic rings. The first-order chi connectivity index (χ1) is 13.4. The molecule has 0 radical (unpaired) electrons. The zero-order valence-electron chi connectivity index (χ0n) is 15.8. The highest BCUT2D eigenvalue weighted by Crippen LogP contribution is 2.29. The number of hydrogen-bond donors (Lipinski definition) is 1. The van der Waals surface area contributed by atoms with Crippen molar-refractivity contribution < 1.29 is 9.59 Å². The van der Waals surface area contributed by atoms with Crippen molar-refractivity contribution in [3.8, 4) is 0 Å². The Kier molecular flexibility index (Phi) is 6.94. The molecule has 1 aliphatic heterocycles. The molecular formula is C21H23Cl2N3O2. The fourth-order valence-corrected chi connectivity index (χ4v) is 3.80. The zero-order valence-corrected chi connectivity index (χ0v) is 17.3. The van der Waals surface area contributed by atoms with Crippen molar-refractivity contribution in [2.75, 3.05) is 32.0 Å². The average molecular weight is 420 g/mol. The highest BCUT2D eigenvalue weighted by Gasteiger charge is 2.18. The lowest BCUT2D eigenvalue weighted by atomic mass is 10.1. The van der Waals surface area contributed by atoms with Crippen LogP contribution in [0.25, 0.3) is 0 Å². The molecule has 0 spiro atoms. The molecule has 7 heteroatoms. The molecule has 28 heavy (non-hydrogen) atoms. The Hall–Kier alpha value is -2.08. The number of para-hydroxylation sites is 1. The van der Waals surface area contributed by atoms with Gasteiger partial charge in [0.15, 0.2) is 0 Å². The van der Waals surface area contributed by atoms with Crippen LogP contribution in [0, 0.1) is 0 Å². The third kappa shape index (κ3) is 5.25. The lowest BCUT2D eigenvalue weighted by Crippen LogP contribution is -2.35. The molecule has 0 aromatic heterocycles. The Balaban J connectivity index is 1.61. The predicted octanol–water partition coefficient (Wildman–Crippen LogP) is 4.30. The number of likely N-dealkylation sites (tertiary alicyclic amines) is 1. The second kappa shape index (κ2) is 9.41. The van der Waals surface area contributed by atoms with E-state index in [0.717, 1.165) is 25.2 Å². The second-order valence-electron chi connectivity index (χ2n) is 6.99. The minimum atomic E-state index is -0.362. The average Bonchev–Trinajstić information content (AvgIpc) is 3.17. The maximum atomic E-state index is 12.7. The molecule has 0 saturated carbocycles. The van der Waals surface area contributed by atoms with Crippen LogP contribution in [-0.2, 0) is 11.3 Å². The molecule has 1 fully saturated rings. The van der Waals surface area contributed by atoms with Crippen LogP contribution in [0.3, 0.4) is 0 Å². The van der Waals surface area contributed by atoms with Gasteiger partial charge < -0.3 is 10.2 Å². The van der Waals surface area contributed by atoms with E-state index in [1.807, 2.05) is 18.2 Å². The topological polar surface area (TPSA) is 52.7 Å². The van der Waals surface area contributed by atoms with Crippen LogP contribution in [-0.4, -0.2) is 48.3 Å². The maximum Gasteiger partial charge on any atom is 0.254 e. The summed E-state index contributed by atoms with van der Waals surface area (Å²) in [6.45, 7) is 2.94. The fourth-order valence-electron chi connectivity index (χ4n) is 3.31. The first-order valence-corrected chi connectivity index (χ1v) is 10.0. The van der Waals surface area contributed by atoms with E-state index in [4.69, 9.17) is 23.2 Å². The van der Waals surface area contributed by atoms with Gasteiger partial charge in [0.25, 0.3) is 5.91 Å². The van der Waals surface area contributed by atoms with Crippen LogP contribution < -0.4 is 5.32 Å². The number of carbonyl (C=O) groups is 2. The number of nitrogens with zero attached hydrogens (tertiary/aromatic N) is 2. The van der Waals surface area contributed by atoms with Crippen molar-refractivity contribution in [3.05, 3.63) is 63.6 Å². The maximum absolute atomic E-state index is 12.7. The van der Waals surface area contributed by atoms with Crippen LogP contribution >= 0.6 is 23.2 Å². The summed E-state index contributed by atoms with van der Waals surface area (Å²) in [5.74, 6) is -0.567. The van der Waals surface area contributed by atoms with E-state index in [2.05, 4.69) is 10.2 Å². The molecule has 5 nitrogen and oxygen atoms in total. The van der Waals surface area contributed by atoms with Gasteiger partial charge in [0.2, 0.25) is 5.91 Å². The summed E-state index contributed by atoms with van der Waals surface area (Å²) in [6.07, 6.45) is 2.46. The quantitative estimate of drug-likeness (QED) is 0.758. The molecule has 2 aromatic carbocycles. The molecular weight excluding hydrogens is 397 g/mol. The predicted molar refractivity (Wildman–Crippen MR) is 113 cm³/mol. The number of hydrogen-bond acceptors (Lipinski definition) is 3. The van der Waals surface area contributed by atoms with Gasteiger partial charge >= 0.3 is 0 Å². The van der Waals surface area contributed by atoms with Crippen LogP contribution in [0.1, 0.15) is 28.8 Å². The third-order valence-corrected chi connectivity index (χ3v) is 5.36. The van der Waals surface area contributed by atoms with Crippen LogP contribution in [0.5, 0.6) is 0 Å². The lowest BCUT2D eigenvalue weighted by molar-refractivity contribution is -0.116. The summed E-state index contributed by atoms with van der Waals surface area (Å²) in [6, 6.07) is 12.6. The summed E-state index contributed by atoms with van der Waals surface area (Å²) in [5.41, 5.74) is 2.03. The Morgan fingerprint density at radius 3 is 2.39 bits per heavy atom. The number of benzene rings is 2. The summed E-state index contributed by atoms with van der Waals surface area (Å²) in [4.78, 5) is 28.8. The van der Waals surface area contributed by atoms with Gasteiger partial charge in [0.05, 0.1) is 22.3 Å². The summed E-state index contributed by atoms with van der Waals surface area (Å²) < 4.78 is 0. The Bertz CT molecular complexity index is 846. The lowest BCUT2D eigenvalue weighted by Gasteiger charge is -2.19. The molecule has 1 N–H and O–H groups in total. The van der Waals surface area contributed by atoms with E-state index < -0.39 is 0 Å². The number of rotatable bonds is 6. The van der Waals surface area contributed by atoms with Gasteiger partial charge in [-0.05, 0) is 55.8 Å². The zero-order chi connectivity index (χ0) is 20.1. The van der Waals surface area contributed by atoms with Crippen molar-refractivity contribution in [2.24, 2.45) is 0 Å². The molecule has 3 rings (SSSR count). The van der Waals surface area contributed by atoms with Crippen LogP contribution in [0.4, 0.5) is 5.69 Å². The van der Waals surface area contributed by atoms with Gasteiger partial charge in [-0.1, -0.05) is 41.4 Å². The Morgan fingerprint density at radius 2 is 1.71 bits per heavy atom. The molecule has 0 atom stereocenters. The normalized spacial score (nSPS) is 14.1. The smallest absolute Gasteiger partial charge is 0.254 e. The molecule has 1 heterocycles. The minimum absolute atomic E-state index is 0.100. The van der Waals surface area contributed by atoms with E-state index >= 15 is 0 Å². The SMILES string of the molecule is CN(CC(=O)Nc1c(Cl)cccc1Cl)C(=O)c1cccc(CN2CCCC2)c1. The van der Waals surface area contributed by atoms with Crippen molar-refractivity contribution >= 4 is 40.7 Å². The molecule has 0 aliphatic carbocycles. The van der Waals surface area contributed by atoms with Crippen molar-refractivity contribution in [2.45, 2.75) is 19.4 Å². The molecule has 2 aromatic rings. The van der Waals surface area contributed by atoms with Gasteiger partial charge in [-0.3, -0.25) is 14.5 Å². The largest absolute Gasteiger partial charge is 0.332 e. The van der Waals surface area contributed by atoms with E-state index in [0.29, 0.717) is 21.3 Å². The number of amides is 2. The van der Waals surface area contributed by atoms with Crippen molar-refractivity contribution in [1.82, 2.24) is 9.80 Å². The number of nitrogens with one attached hydrogen (secondary N) is 1. The molecule has 0 unspecified atom stereocenters. The van der Waals surface area contributed by atoms with Gasteiger partial charge in [0.1, 0.15) is 0 Å². The monoisotopic (exact) mass is 419 g/mol. The first kappa shape index (κ1) is 20.6. The van der Waals surface area contributed by atoms with Gasteiger partial charge in [-0.2, -0.15) is 0 Å². The molecule has 1 saturated heterocycles. The second-order valence-corrected chi connectivity index (χ2v) is 7.80. The van der Waals surface area contributed by atoms with Gasteiger partial charge in [0, 0.05) is 19.2 Å². The Labute approximate surface area is 175 Å². The van der Waals surface area contributed by atoms with Gasteiger partial charge in [-0.25, -0.2) is 0 Å². The summed E-state index contributed by atoms with van der Waals surface area (Å²) in [5, 5.41) is 3.37.